The Morgan fingerprint density at radius 3 is 2.00 bits per heavy atom. The van der Waals surface area contributed by atoms with Gasteiger partial charge in [-0.2, -0.15) is 4.31 Å². The Kier molecular flexibility index (Phi) is 5.05. The topological polar surface area (TPSA) is 109 Å². The Morgan fingerprint density at radius 2 is 1.59 bits per heavy atom. The molecule has 1 rings (SSSR count). The minimum Gasteiger partial charge on any atom is -0.480 e. The van der Waals surface area contributed by atoms with Gasteiger partial charge in [0.2, 0.25) is 10.0 Å². The molecule has 0 saturated carbocycles. The summed E-state index contributed by atoms with van der Waals surface area (Å²) in [4.78, 5) is 10.7. The molecule has 22 heavy (non-hydrogen) atoms. The van der Waals surface area contributed by atoms with Crippen molar-refractivity contribution in [1.82, 2.24) is 4.31 Å². The van der Waals surface area contributed by atoms with E-state index in [-0.39, 0.29) is 15.4 Å². The first kappa shape index (κ1) is 18.6. The van der Waals surface area contributed by atoms with E-state index in [9.17, 15) is 21.6 Å². The standard InChI is InChI=1S/C13H19NO6S2/c1-8-6-11(21(5,17)18)9(2)12(7-8)22(19,20)14(4)10(3)13(15)16/h6-7,10H,1-5H3,(H,15,16). The summed E-state index contributed by atoms with van der Waals surface area (Å²) in [5, 5.41) is 8.97. The van der Waals surface area contributed by atoms with Crippen molar-refractivity contribution >= 4 is 25.8 Å². The maximum atomic E-state index is 12.6. The van der Waals surface area contributed by atoms with Crippen LogP contribution in [0.4, 0.5) is 0 Å². The predicted molar refractivity (Wildman–Crippen MR) is 81.1 cm³/mol. The number of benzene rings is 1. The van der Waals surface area contributed by atoms with Crippen molar-refractivity contribution in [3.05, 3.63) is 23.3 Å². The third kappa shape index (κ3) is 3.47. The Morgan fingerprint density at radius 1 is 1.14 bits per heavy atom. The molecular formula is C13H19NO6S2. The smallest absolute Gasteiger partial charge is 0.321 e. The number of hydrogen-bond donors (Lipinski definition) is 1. The zero-order valence-electron chi connectivity index (χ0n) is 13.0. The molecule has 1 unspecified atom stereocenters. The SMILES string of the molecule is Cc1cc(S(C)(=O)=O)c(C)c(S(=O)(=O)N(C)C(C)C(=O)O)c1. The molecule has 0 aliphatic heterocycles. The zero-order chi connectivity index (χ0) is 17.5. The molecule has 1 N–H and O–H groups in total. The number of aryl methyl sites for hydroxylation is 1. The van der Waals surface area contributed by atoms with E-state index in [1.165, 1.54) is 26.0 Å². The summed E-state index contributed by atoms with van der Waals surface area (Å²) in [6, 6.07) is 1.46. The minimum absolute atomic E-state index is 0.0811. The lowest BCUT2D eigenvalue weighted by molar-refractivity contribution is -0.140. The van der Waals surface area contributed by atoms with Gasteiger partial charge in [0.05, 0.1) is 9.79 Å². The molecule has 0 bridgehead atoms. The van der Waals surface area contributed by atoms with Crippen LogP contribution >= 0.6 is 0 Å². The molecule has 0 saturated heterocycles. The molecule has 0 spiro atoms. The second kappa shape index (κ2) is 5.98. The van der Waals surface area contributed by atoms with E-state index in [0.717, 1.165) is 13.3 Å². The number of nitrogens with zero attached hydrogens (tertiary/aromatic N) is 1. The number of rotatable bonds is 5. The molecule has 0 fully saturated rings. The summed E-state index contributed by atoms with van der Waals surface area (Å²) in [5.41, 5.74) is 0.540. The van der Waals surface area contributed by atoms with Crippen molar-refractivity contribution < 1.29 is 26.7 Å². The van der Waals surface area contributed by atoms with Crippen molar-refractivity contribution in [1.29, 1.82) is 0 Å². The quantitative estimate of drug-likeness (QED) is 0.842. The van der Waals surface area contributed by atoms with Gasteiger partial charge in [0.15, 0.2) is 9.84 Å². The van der Waals surface area contributed by atoms with Gasteiger partial charge in [-0.15, -0.1) is 0 Å². The Labute approximate surface area is 130 Å². The number of sulfonamides is 1. The summed E-state index contributed by atoms with van der Waals surface area (Å²) >= 11 is 0. The fourth-order valence-corrected chi connectivity index (χ4v) is 4.74. The highest BCUT2D eigenvalue weighted by atomic mass is 32.2. The van der Waals surface area contributed by atoms with Crippen LogP contribution in [0.1, 0.15) is 18.1 Å². The second-order valence-electron chi connectivity index (χ2n) is 5.19. The van der Waals surface area contributed by atoms with Crippen LogP contribution in [-0.2, 0) is 24.7 Å². The Hall–Kier alpha value is -1.45. The van der Waals surface area contributed by atoms with Crippen molar-refractivity contribution in [3.63, 3.8) is 0 Å². The van der Waals surface area contributed by atoms with E-state index in [4.69, 9.17) is 5.11 Å². The number of likely N-dealkylation sites (N-methyl/N-ethyl adjacent to an activating group) is 1. The maximum Gasteiger partial charge on any atom is 0.321 e. The van der Waals surface area contributed by atoms with Crippen LogP contribution in [-0.4, -0.2) is 51.6 Å². The molecule has 1 aromatic carbocycles. The van der Waals surface area contributed by atoms with Gasteiger partial charge in [-0.1, -0.05) is 0 Å². The first-order chi connectivity index (χ1) is 9.80. The normalized spacial score (nSPS) is 14.1. The van der Waals surface area contributed by atoms with Gasteiger partial charge in [0, 0.05) is 13.3 Å². The van der Waals surface area contributed by atoms with Gasteiger partial charge in [-0.25, -0.2) is 16.8 Å². The lowest BCUT2D eigenvalue weighted by atomic mass is 10.2. The van der Waals surface area contributed by atoms with Crippen LogP contribution in [0, 0.1) is 13.8 Å². The highest BCUT2D eigenvalue weighted by Crippen LogP contribution is 2.27. The zero-order valence-corrected chi connectivity index (χ0v) is 14.6. The van der Waals surface area contributed by atoms with Crippen LogP contribution in [0.2, 0.25) is 0 Å². The van der Waals surface area contributed by atoms with E-state index < -0.39 is 31.9 Å². The van der Waals surface area contributed by atoms with E-state index in [2.05, 4.69) is 0 Å². The molecule has 1 atom stereocenters. The number of carbonyl (C=O) groups is 1. The lowest BCUT2D eigenvalue weighted by Crippen LogP contribution is -2.40. The third-order valence-corrected chi connectivity index (χ3v) is 6.69. The number of hydrogen-bond acceptors (Lipinski definition) is 5. The molecule has 0 aliphatic carbocycles. The molecule has 0 amide bonds. The van der Waals surface area contributed by atoms with Gasteiger partial charge in [0.1, 0.15) is 6.04 Å². The molecule has 0 aliphatic rings. The fraction of sp³-hybridized carbons (Fsp3) is 0.462. The molecule has 9 heteroatoms. The van der Waals surface area contributed by atoms with Crippen LogP contribution in [0.5, 0.6) is 0 Å². The van der Waals surface area contributed by atoms with Gasteiger partial charge in [-0.3, -0.25) is 4.79 Å². The van der Waals surface area contributed by atoms with Gasteiger partial charge in [-0.05, 0) is 44.0 Å². The Bertz CT molecular complexity index is 811. The largest absolute Gasteiger partial charge is 0.480 e. The lowest BCUT2D eigenvalue weighted by Gasteiger charge is -2.23. The molecule has 0 aromatic heterocycles. The molecule has 124 valence electrons. The first-order valence-corrected chi connectivity index (χ1v) is 9.65. The monoisotopic (exact) mass is 349 g/mol. The van der Waals surface area contributed by atoms with Crippen LogP contribution < -0.4 is 0 Å². The first-order valence-electron chi connectivity index (χ1n) is 6.32. The van der Waals surface area contributed by atoms with Gasteiger partial charge >= 0.3 is 5.97 Å². The summed E-state index contributed by atoms with van der Waals surface area (Å²) in [7, 11) is -6.58. The predicted octanol–water partition coefficient (Wildman–Crippen LogP) is 0.801. The van der Waals surface area contributed by atoms with Crippen molar-refractivity contribution in [2.45, 2.75) is 36.6 Å². The highest BCUT2D eigenvalue weighted by molar-refractivity contribution is 7.91. The maximum absolute atomic E-state index is 12.6. The summed E-state index contributed by atoms with van der Waals surface area (Å²) in [6.07, 6.45) is 0.995. The fourth-order valence-electron chi connectivity index (χ4n) is 1.97. The number of carboxylic acid groups (broad SMARTS) is 1. The summed E-state index contributed by atoms with van der Waals surface area (Å²) < 4.78 is 49.5. The number of carboxylic acids is 1. The van der Waals surface area contributed by atoms with Gasteiger partial charge < -0.3 is 5.11 Å². The third-order valence-electron chi connectivity index (χ3n) is 3.42. The molecular weight excluding hydrogens is 330 g/mol. The van der Waals surface area contributed by atoms with E-state index in [1.54, 1.807) is 6.92 Å². The minimum atomic E-state index is -4.13. The highest BCUT2D eigenvalue weighted by Gasteiger charge is 2.32. The van der Waals surface area contributed by atoms with E-state index in [1.807, 2.05) is 0 Å². The van der Waals surface area contributed by atoms with Crippen LogP contribution in [0.15, 0.2) is 21.9 Å². The van der Waals surface area contributed by atoms with Crippen molar-refractivity contribution in [2.75, 3.05) is 13.3 Å². The molecule has 7 nitrogen and oxygen atoms in total. The van der Waals surface area contributed by atoms with Crippen LogP contribution in [0.25, 0.3) is 0 Å². The summed E-state index contributed by atoms with van der Waals surface area (Å²) in [6.45, 7) is 4.21. The number of aliphatic carboxylic acids is 1. The molecule has 0 radical (unpaired) electrons. The summed E-state index contributed by atoms with van der Waals surface area (Å²) in [5.74, 6) is -1.29. The van der Waals surface area contributed by atoms with Crippen LogP contribution in [0.3, 0.4) is 0 Å². The van der Waals surface area contributed by atoms with E-state index >= 15 is 0 Å². The number of sulfone groups is 1. The molecule has 0 heterocycles. The van der Waals surface area contributed by atoms with Crippen molar-refractivity contribution in [3.8, 4) is 0 Å². The second-order valence-corrected chi connectivity index (χ2v) is 9.14. The average Bonchev–Trinajstić information content (AvgIpc) is 2.37. The van der Waals surface area contributed by atoms with Gasteiger partial charge in [0.25, 0.3) is 0 Å². The van der Waals surface area contributed by atoms with Crippen molar-refractivity contribution in [2.24, 2.45) is 0 Å². The Balaban J connectivity index is 3.63. The van der Waals surface area contributed by atoms with E-state index in [0.29, 0.717) is 9.87 Å². The molecule has 1 aromatic rings. The average molecular weight is 349 g/mol.